The van der Waals surface area contributed by atoms with Crippen LogP contribution in [0.3, 0.4) is 0 Å². The molecule has 4 N–H and O–H groups in total. The number of nitrogens with zero attached hydrogens (tertiary/aromatic N) is 4. The second kappa shape index (κ2) is 9.44. The molecule has 10 nitrogen and oxygen atoms in total. The standard InChI is InChI=1S/C20H23F3N6O4S/c1-32-13-2-3-15(33-20(21,22)23)14(4-13)28-7-11-9-29(10-12(11)8-28)19-25-5-16(34-19)18(24)27-26-6-17(30)31/h2-5,11-12,26H,6-10H2,1H3,(H2,24,27)(H,30,31). The molecule has 2 aliphatic heterocycles. The van der Waals surface area contributed by atoms with Crippen molar-refractivity contribution in [2.24, 2.45) is 22.7 Å². The molecule has 0 amide bonds. The Balaban J connectivity index is 1.42. The van der Waals surface area contributed by atoms with Gasteiger partial charge in [0.05, 0.1) is 23.9 Å². The third kappa shape index (κ3) is 5.38. The third-order valence-corrected chi connectivity index (χ3v) is 6.75. The van der Waals surface area contributed by atoms with Gasteiger partial charge in [-0.15, -0.1) is 13.2 Å². The van der Waals surface area contributed by atoms with Gasteiger partial charge < -0.3 is 30.1 Å². The lowest BCUT2D eigenvalue weighted by Gasteiger charge is -2.25. The Hall–Kier alpha value is -3.42. The molecule has 14 heteroatoms. The molecule has 2 fully saturated rings. The predicted molar refractivity (Wildman–Crippen MR) is 120 cm³/mol. The van der Waals surface area contributed by atoms with Crippen LogP contribution in [0, 0.1) is 11.8 Å². The fourth-order valence-corrected chi connectivity index (χ4v) is 5.04. The molecular formula is C20H23F3N6O4S. The number of nitrogens with one attached hydrogen (secondary N) is 1. The van der Waals surface area contributed by atoms with E-state index in [1.807, 2.05) is 4.90 Å². The summed E-state index contributed by atoms with van der Waals surface area (Å²) in [5.41, 5.74) is 8.62. The van der Waals surface area contributed by atoms with Crippen molar-refractivity contribution in [2.75, 3.05) is 49.6 Å². The minimum atomic E-state index is -4.79. The number of methoxy groups -OCH3 is 1. The van der Waals surface area contributed by atoms with Crippen molar-refractivity contribution < 1.29 is 32.5 Å². The minimum Gasteiger partial charge on any atom is -0.497 e. The lowest BCUT2D eigenvalue weighted by atomic mass is 10.0. The molecule has 3 heterocycles. The second-order valence-electron chi connectivity index (χ2n) is 7.94. The van der Waals surface area contributed by atoms with Crippen molar-refractivity contribution in [3.05, 3.63) is 29.3 Å². The molecule has 2 saturated heterocycles. The molecule has 0 radical (unpaired) electrons. The quantitative estimate of drug-likeness (QED) is 0.283. The van der Waals surface area contributed by atoms with Crippen LogP contribution in [0.25, 0.3) is 0 Å². The van der Waals surface area contributed by atoms with E-state index in [9.17, 15) is 18.0 Å². The number of aliphatic carboxylic acids is 1. The Morgan fingerprint density at radius 3 is 2.59 bits per heavy atom. The van der Waals surface area contributed by atoms with Gasteiger partial charge in [0, 0.05) is 44.1 Å². The van der Waals surface area contributed by atoms with Gasteiger partial charge >= 0.3 is 12.3 Å². The number of rotatable bonds is 8. The van der Waals surface area contributed by atoms with E-state index < -0.39 is 12.3 Å². The molecule has 2 aromatic rings. The van der Waals surface area contributed by atoms with Crippen LogP contribution in [0.1, 0.15) is 4.88 Å². The number of ether oxygens (including phenoxy) is 2. The molecular weight excluding hydrogens is 477 g/mol. The van der Waals surface area contributed by atoms with Crippen molar-refractivity contribution in [2.45, 2.75) is 6.36 Å². The van der Waals surface area contributed by atoms with E-state index in [0.29, 0.717) is 42.5 Å². The van der Waals surface area contributed by atoms with Gasteiger partial charge in [-0.1, -0.05) is 11.3 Å². The van der Waals surface area contributed by atoms with Crippen molar-refractivity contribution in [3.8, 4) is 11.5 Å². The van der Waals surface area contributed by atoms with Gasteiger partial charge in [-0.25, -0.2) is 4.98 Å². The minimum absolute atomic E-state index is 0.144. The molecule has 2 unspecified atom stereocenters. The Kier molecular flexibility index (Phi) is 6.59. The number of benzene rings is 1. The summed E-state index contributed by atoms with van der Waals surface area (Å²) in [4.78, 5) is 19.6. The van der Waals surface area contributed by atoms with Gasteiger partial charge in [-0.3, -0.25) is 10.2 Å². The van der Waals surface area contributed by atoms with Crippen molar-refractivity contribution >= 4 is 34.0 Å². The number of fused-ring (bicyclic) bond motifs is 1. The van der Waals surface area contributed by atoms with E-state index >= 15 is 0 Å². The Bertz CT molecular complexity index is 1060. The maximum atomic E-state index is 12.9. The summed E-state index contributed by atoms with van der Waals surface area (Å²) in [6.45, 7) is 2.19. The number of carbonyl (C=O) groups is 1. The topological polar surface area (TPSA) is 126 Å². The maximum Gasteiger partial charge on any atom is 0.573 e. The molecule has 0 spiro atoms. The summed E-state index contributed by atoms with van der Waals surface area (Å²) in [5, 5.41) is 13.2. The predicted octanol–water partition coefficient (Wildman–Crippen LogP) is 1.92. The van der Waals surface area contributed by atoms with Gasteiger partial charge in [-0.05, 0) is 12.1 Å². The van der Waals surface area contributed by atoms with E-state index in [2.05, 4.69) is 25.1 Å². The van der Waals surface area contributed by atoms with Crippen LogP contribution in [0.15, 0.2) is 29.5 Å². The van der Waals surface area contributed by atoms with Gasteiger partial charge in [0.1, 0.15) is 12.3 Å². The molecule has 1 aromatic heterocycles. The number of hydrogen-bond donors (Lipinski definition) is 3. The lowest BCUT2D eigenvalue weighted by molar-refractivity contribution is -0.274. The summed E-state index contributed by atoms with van der Waals surface area (Å²) in [5.74, 6) is -0.228. The van der Waals surface area contributed by atoms with Crippen molar-refractivity contribution in [3.63, 3.8) is 0 Å². The fraction of sp³-hybridized carbons (Fsp3) is 0.450. The maximum absolute atomic E-state index is 12.9. The Morgan fingerprint density at radius 2 is 1.97 bits per heavy atom. The molecule has 0 bridgehead atoms. The largest absolute Gasteiger partial charge is 0.573 e. The molecule has 0 saturated carbocycles. The first-order valence-corrected chi connectivity index (χ1v) is 11.1. The molecule has 1 aromatic carbocycles. The first-order chi connectivity index (χ1) is 16.1. The summed E-state index contributed by atoms with van der Waals surface area (Å²) in [6, 6.07) is 4.28. The van der Waals surface area contributed by atoms with E-state index in [0.717, 1.165) is 5.13 Å². The van der Waals surface area contributed by atoms with E-state index in [1.165, 1.54) is 30.6 Å². The van der Waals surface area contributed by atoms with Crippen LogP contribution in [-0.2, 0) is 4.79 Å². The second-order valence-corrected chi connectivity index (χ2v) is 8.95. The zero-order valence-electron chi connectivity index (χ0n) is 18.1. The van der Waals surface area contributed by atoms with Crippen LogP contribution in [-0.4, -0.2) is 68.1 Å². The third-order valence-electron chi connectivity index (χ3n) is 5.66. The number of aromatic nitrogens is 1. The van der Waals surface area contributed by atoms with Crippen LogP contribution < -0.4 is 30.4 Å². The monoisotopic (exact) mass is 500 g/mol. The average Bonchev–Trinajstić information content (AvgIpc) is 3.47. The van der Waals surface area contributed by atoms with Crippen LogP contribution >= 0.6 is 11.3 Å². The number of amidine groups is 1. The number of carboxylic acid groups (broad SMARTS) is 1. The van der Waals surface area contributed by atoms with Gasteiger partial charge in [-0.2, -0.15) is 5.10 Å². The van der Waals surface area contributed by atoms with Crippen LogP contribution in [0.2, 0.25) is 0 Å². The van der Waals surface area contributed by atoms with Gasteiger partial charge in [0.15, 0.2) is 16.7 Å². The summed E-state index contributed by atoms with van der Waals surface area (Å²) < 4.78 is 48.1. The van der Waals surface area contributed by atoms with Crippen molar-refractivity contribution in [1.82, 2.24) is 10.4 Å². The van der Waals surface area contributed by atoms with Crippen molar-refractivity contribution in [1.29, 1.82) is 0 Å². The average molecular weight is 501 g/mol. The first-order valence-electron chi connectivity index (χ1n) is 10.3. The van der Waals surface area contributed by atoms with E-state index in [1.54, 1.807) is 12.3 Å². The molecule has 184 valence electrons. The summed E-state index contributed by atoms with van der Waals surface area (Å²) >= 11 is 1.34. The molecule has 2 atom stereocenters. The lowest BCUT2D eigenvalue weighted by Crippen LogP contribution is -2.29. The highest BCUT2D eigenvalue weighted by Crippen LogP contribution is 2.42. The van der Waals surface area contributed by atoms with E-state index in [4.69, 9.17) is 15.6 Å². The van der Waals surface area contributed by atoms with Gasteiger partial charge in [0.2, 0.25) is 0 Å². The molecule has 2 aliphatic rings. The number of hydrogen-bond acceptors (Lipinski definition) is 9. The van der Waals surface area contributed by atoms with Crippen LogP contribution in [0.4, 0.5) is 24.0 Å². The first kappa shape index (κ1) is 23.7. The zero-order chi connectivity index (χ0) is 24.5. The highest BCUT2D eigenvalue weighted by atomic mass is 32.1. The van der Waals surface area contributed by atoms with E-state index in [-0.39, 0.29) is 30.0 Å². The number of anilines is 2. The molecule has 34 heavy (non-hydrogen) atoms. The van der Waals surface area contributed by atoms with Crippen LogP contribution in [0.5, 0.6) is 11.5 Å². The number of nitrogens with two attached hydrogens (primary N) is 1. The molecule has 4 rings (SSSR count). The Morgan fingerprint density at radius 1 is 1.29 bits per heavy atom. The zero-order valence-corrected chi connectivity index (χ0v) is 18.9. The SMILES string of the molecule is COc1ccc(OC(F)(F)F)c(N2CC3CN(c4ncc(/C(N)=N/NCC(=O)O)s4)CC3C2)c1. The molecule has 0 aliphatic carbocycles. The Labute approximate surface area is 196 Å². The van der Waals surface area contributed by atoms with Gasteiger partial charge in [0.25, 0.3) is 0 Å². The fourth-order valence-electron chi connectivity index (χ4n) is 4.21. The number of alkyl halides is 3. The highest BCUT2D eigenvalue weighted by molar-refractivity contribution is 7.17. The summed E-state index contributed by atoms with van der Waals surface area (Å²) in [6.07, 6.45) is -3.20. The highest BCUT2D eigenvalue weighted by Gasteiger charge is 2.42. The normalized spacial score (nSPS) is 20.4. The number of hydrazone groups is 1. The summed E-state index contributed by atoms with van der Waals surface area (Å²) in [7, 11) is 1.46. The number of thiazole rings is 1. The number of halogens is 3. The number of carboxylic acids is 1. The smallest absolute Gasteiger partial charge is 0.497 e.